The van der Waals surface area contributed by atoms with Crippen LogP contribution >= 0.6 is 11.6 Å². The van der Waals surface area contributed by atoms with Crippen molar-refractivity contribution < 1.29 is 14.3 Å². The molecule has 2 aromatic carbocycles. The first kappa shape index (κ1) is 16.3. The highest BCUT2D eigenvalue weighted by molar-refractivity contribution is 6.30. The van der Waals surface area contributed by atoms with E-state index in [0.29, 0.717) is 17.1 Å². The number of hydrogen-bond donors (Lipinski definition) is 1. The van der Waals surface area contributed by atoms with Crippen LogP contribution in [0, 0.1) is 6.92 Å². The summed E-state index contributed by atoms with van der Waals surface area (Å²) in [5.41, 5.74) is 2.38. The number of hydrogen-bond acceptors (Lipinski definition) is 3. The molecular weight excluding hydrogens is 328 g/mol. The highest BCUT2D eigenvalue weighted by Gasteiger charge is 2.32. The molecule has 0 aliphatic carbocycles. The van der Waals surface area contributed by atoms with E-state index < -0.39 is 6.09 Å². The fourth-order valence-electron chi connectivity index (χ4n) is 2.50. The number of rotatable bonds is 4. The predicted octanol–water partition coefficient (Wildman–Crippen LogP) is 3.40. The Morgan fingerprint density at radius 1 is 1.29 bits per heavy atom. The van der Waals surface area contributed by atoms with Crippen LogP contribution in [0.25, 0.3) is 0 Å². The van der Waals surface area contributed by atoms with Crippen LogP contribution in [-0.4, -0.2) is 31.2 Å². The Hall–Kier alpha value is -2.53. The Balaban J connectivity index is 1.58. The molecule has 1 N–H and O–H groups in total. The second-order valence-electron chi connectivity index (χ2n) is 5.67. The molecule has 6 heteroatoms. The third-order valence-electron chi connectivity index (χ3n) is 3.80. The van der Waals surface area contributed by atoms with Crippen molar-refractivity contribution in [2.24, 2.45) is 0 Å². The molecule has 5 nitrogen and oxygen atoms in total. The van der Waals surface area contributed by atoms with Crippen molar-refractivity contribution in [1.29, 1.82) is 0 Å². The molecule has 1 heterocycles. The number of ether oxygens (including phenoxy) is 1. The summed E-state index contributed by atoms with van der Waals surface area (Å²) in [6.07, 6.45) is -0.789. The number of nitrogens with one attached hydrogen (secondary N) is 1. The zero-order valence-electron chi connectivity index (χ0n) is 13.2. The molecule has 1 saturated heterocycles. The number of anilines is 1. The molecule has 0 aromatic heterocycles. The van der Waals surface area contributed by atoms with E-state index in [-0.39, 0.29) is 18.6 Å². The van der Waals surface area contributed by atoms with Crippen molar-refractivity contribution in [3.63, 3.8) is 0 Å². The van der Waals surface area contributed by atoms with Gasteiger partial charge in [0.05, 0.1) is 13.1 Å². The normalized spacial score (nSPS) is 16.8. The van der Waals surface area contributed by atoms with Crippen LogP contribution in [0.5, 0.6) is 0 Å². The van der Waals surface area contributed by atoms with Gasteiger partial charge in [0.2, 0.25) is 0 Å². The lowest BCUT2D eigenvalue weighted by atomic mass is 10.2. The van der Waals surface area contributed by atoms with Gasteiger partial charge in [0, 0.05) is 16.3 Å². The van der Waals surface area contributed by atoms with Crippen molar-refractivity contribution in [2.75, 3.05) is 18.0 Å². The van der Waals surface area contributed by atoms with E-state index in [0.717, 1.165) is 11.3 Å². The fraction of sp³-hybridized carbons (Fsp3) is 0.222. The van der Waals surface area contributed by atoms with Crippen molar-refractivity contribution in [3.05, 3.63) is 64.7 Å². The molecule has 2 amide bonds. The van der Waals surface area contributed by atoms with Crippen LogP contribution in [0.3, 0.4) is 0 Å². The van der Waals surface area contributed by atoms with Crippen molar-refractivity contribution in [2.45, 2.75) is 13.0 Å². The van der Waals surface area contributed by atoms with Gasteiger partial charge >= 0.3 is 6.09 Å². The van der Waals surface area contributed by atoms with Crippen LogP contribution in [0.2, 0.25) is 5.02 Å². The Bertz CT molecular complexity index is 761. The summed E-state index contributed by atoms with van der Waals surface area (Å²) in [6.45, 7) is 2.64. The average Bonchev–Trinajstić information content (AvgIpc) is 2.94. The second kappa shape index (κ2) is 6.93. The zero-order chi connectivity index (χ0) is 17.1. The van der Waals surface area contributed by atoms with Gasteiger partial charge in [-0.05, 0) is 37.3 Å². The molecular formula is C18H17ClN2O3. The summed E-state index contributed by atoms with van der Waals surface area (Å²) in [6, 6.07) is 14.3. The SMILES string of the molecule is Cc1ccc(N2CC(CNC(=O)c3cccc(Cl)c3)OC2=O)cc1. The minimum atomic E-state index is -0.402. The number of benzene rings is 2. The van der Waals surface area contributed by atoms with Crippen LogP contribution < -0.4 is 10.2 Å². The van der Waals surface area contributed by atoms with Gasteiger partial charge in [-0.15, -0.1) is 0 Å². The van der Waals surface area contributed by atoms with Gasteiger partial charge in [-0.25, -0.2) is 4.79 Å². The van der Waals surface area contributed by atoms with Crippen LogP contribution in [-0.2, 0) is 4.74 Å². The maximum Gasteiger partial charge on any atom is 0.414 e. The van der Waals surface area contributed by atoms with E-state index >= 15 is 0 Å². The Kier molecular flexibility index (Phi) is 4.71. The van der Waals surface area contributed by atoms with E-state index in [4.69, 9.17) is 16.3 Å². The Morgan fingerprint density at radius 2 is 2.04 bits per heavy atom. The number of cyclic esters (lactones) is 1. The molecule has 1 unspecified atom stereocenters. The number of carbonyl (C=O) groups excluding carboxylic acids is 2. The second-order valence-corrected chi connectivity index (χ2v) is 6.11. The topological polar surface area (TPSA) is 58.6 Å². The number of carbonyl (C=O) groups is 2. The van der Waals surface area contributed by atoms with Gasteiger partial charge in [-0.3, -0.25) is 9.69 Å². The number of nitrogens with zero attached hydrogens (tertiary/aromatic N) is 1. The van der Waals surface area contributed by atoms with E-state index in [2.05, 4.69) is 5.32 Å². The Morgan fingerprint density at radius 3 is 2.75 bits per heavy atom. The largest absolute Gasteiger partial charge is 0.442 e. The minimum absolute atomic E-state index is 0.248. The van der Waals surface area contributed by atoms with Crippen LogP contribution in [0.15, 0.2) is 48.5 Å². The quantitative estimate of drug-likeness (QED) is 0.924. The van der Waals surface area contributed by atoms with E-state index in [9.17, 15) is 9.59 Å². The molecule has 1 atom stereocenters. The van der Waals surface area contributed by atoms with E-state index in [1.165, 1.54) is 0 Å². The first-order valence-electron chi connectivity index (χ1n) is 7.61. The average molecular weight is 345 g/mol. The standard InChI is InChI=1S/C18H17ClN2O3/c1-12-5-7-15(8-6-12)21-11-16(24-18(21)23)10-20-17(22)13-3-2-4-14(19)9-13/h2-9,16H,10-11H2,1H3,(H,20,22). The molecule has 1 aliphatic rings. The molecule has 3 rings (SSSR count). The predicted molar refractivity (Wildman–Crippen MR) is 92.6 cm³/mol. The molecule has 24 heavy (non-hydrogen) atoms. The highest BCUT2D eigenvalue weighted by Crippen LogP contribution is 2.21. The number of aryl methyl sites for hydroxylation is 1. The molecule has 0 saturated carbocycles. The molecule has 0 spiro atoms. The number of amides is 2. The number of halogens is 1. The minimum Gasteiger partial charge on any atom is -0.442 e. The lowest BCUT2D eigenvalue weighted by Crippen LogP contribution is -2.34. The summed E-state index contributed by atoms with van der Waals surface area (Å²) < 4.78 is 5.31. The fourth-order valence-corrected chi connectivity index (χ4v) is 2.69. The van der Waals surface area contributed by atoms with Gasteiger partial charge in [-0.1, -0.05) is 35.4 Å². The highest BCUT2D eigenvalue weighted by atomic mass is 35.5. The monoisotopic (exact) mass is 344 g/mol. The van der Waals surface area contributed by atoms with Gasteiger partial charge in [0.15, 0.2) is 0 Å². The van der Waals surface area contributed by atoms with Gasteiger partial charge in [0.1, 0.15) is 6.10 Å². The first-order chi connectivity index (χ1) is 11.5. The molecule has 0 bridgehead atoms. The summed E-state index contributed by atoms with van der Waals surface area (Å²) in [5, 5.41) is 3.27. The molecule has 2 aromatic rings. The van der Waals surface area contributed by atoms with Crippen LogP contribution in [0.1, 0.15) is 15.9 Å². The van der Waals surface area contributed by atoms with Gasteiger partial charge in [0.25, 0.3) is 5.91 Å². The molecule has 0 radical (unpaired) electrons. The summed E-state index contributed by atoms with van der Waals surface area (Å²) >= 11 is 5.88. The van der Waals surface area contributed by atoms with Crippen LogP contribution in [0.4, 0.5) is 10.5 Å². The van der Waals surface area contributed by atoms with E-state index in [1.807, 2.05) is 31.2 Å². The van der Waals surface area contributed by atoms with Gasteiger partial charge in [-0.2, -0.15) is 0 Å². The molecule has 124 valence electrons. The third-order valence-corrected chi connectivity index (χ3v) is 4.03. The molecule has 1 fully saturated rings. The molecule has 1 aliphatic heterocycles. The summed E-state index contributed by atoms with van der Waals surface area (Å²) in [5.74, 6) is -0.248. The maximum atomic E-state index is 12.1. The summed E-state index contributed by atoms with van der Waals surface area (Å²) in [7, 11) is 0. The van der Waals surface area contributed by atoms with E-state index in [1.54, 1.807) is 29.2 Å². The first-order valence-corrected chi connectivity index (χ1v) is 7.99. The summed E-state index contributed by atoms with van der Waals surface area (Å²) in [4.78, 5) is 25.7. The maximum absolute atomic E-state index is 12.1. The van der Waals surface area contributed by atoms with Crippen molar-refractivity contribution in [3.8, 4) is 0 Å². The zero-order valence-corrected chi connectivity index (χ0v) is 13.9. The van der Waals surface area contributed by atoms with Gasteiger partial charge < -0.3 is 10.1 Å². The smallest absolute Gasteiger partial charge is 0.414 e. The lowest BCUT2D eigenvalue weighted by molar-refractivity contribution is 0.0916. The lowest BCUT2D eigenvalue weighted by Gasteiger charge is -2.13. The Labute approximate surface area is 145 Å². The van der Waals surface area contributed by atoms with Crippen molar-refractivity contribution >= 4 is 29.3 Å². The third kappa shape index (κ3) is 3.68. The van der Waals surface area contributed by atoms with Crippen molar-refractivity contribution in [1.82, 2.24) is 5.32 Å².